The second-order valence-electron chi connectivity index (χ2n) is 5.85. The molecule has 0 saturated carbocycles. The van der Waals surface area contributed by atoms with Gasteiger partial charge in [0.05, 0.1) is 6.17 Å². The lowest BCUT2D eigenvalue weighted by atomic mass is 10.0. The van der Waals surface area contributed by atoms with E-state index in [2.05, 4.69) is 35.3 Å². The van der Waals surface area contributed by atoms with Crippen LogP contribution in [0.4, 0.5) is 0 Å². The minimum Gasteiger partial charge on any atom is -0.508 e. The van der Waals surface area contributed by atoms with E-state index in [0.717, 1.165) is 25.0 Å². The summed E-state index contributed by atoms with van der Waals surface area (Å²) in [4.78, 5) is 2.50. The first-order valence-corrected chi connectivity index (χ1v) is 7.96. The number of rotatable bonds is 4. The van der Waals surface area contributed by atoms with Gasteiger partial charge >= 0.3 is 0 Å². The average molecular weight is 284 g/mol. The molecule has 0 spiro atoms. The molecule has 2 aromatic rings. The Labute approximate surface area is 126 Å². The van der Waals surface area contributed by atoms with Crippen LogP contribution in [0.5, 0.6) is 5.75 Å². The number of hydrogen-bond acceptors (Lipinski definition) is 3. The van der Waals surface area contributed by atoms with Crippen molar-refractivity contribution in [3.05, 3.63) is 42.0 Å². The monoisotopic (exact) mass is 284 g/mol. The highest BCUT2D eigenvalue weighted by Crippen LogP contribution is 2.25. The zero-order chi connectivity index (χ0) is 14.7. The lowest BCUT2D eigenvalue weighted by Crippen LogP contribution is -2.47. The zero-order valence-corrected chi connectivity index (χ0v) is 12.7. The predicted octanol–water partition coefficient (Wildman–Crippen LogP) is 3.47. The average Bonchev–Trinajstić information content (AvgIpc) is 2.53. The maximum absolute atomic E-state index is 9.77. The number of phenols is 1. The topological polar surface area (TPSA) is 35.5 Å². The first-order valence-electron chi connectivity index (χ1n) is 7.96. The number of aromatic hydroxyl groups is 1. The molecule has 1 aliphatic heterocycles. The van der Waals surface area contributed by atoms with Gasteiger partial charge in [-0.15, -0.1) is 0 Å². The van der Waals surface area contributed by atoms with E-state index in [1.165, 1.54) is 30.2 Å². The fourth-order valence-electron chi connectivity index (χ4n) is 3.27. The van der Waals surface area contributed by atoms with Gasteiger partial charge < -0.3 is 10.4 Å². The molecule has 1 unspecified atom stereocenters. The van der Waals surface area contributed by atoms with Gasteiger partial charge in [0, 0.05) is 6.54 Å². The molecule has 0 radical (unpaired) electrons. The Hall–Kier alpha value is -1.58. The SMILES string of the molecule is CCN(Cc1cccc2ccc(O)cc12)C1CCCCN1. The molecule has 0 amide bonds. The largest absolute Gasteiger partial charge is 0.508 e. The van der Waals surface area contributed by atoms with Crippen LogP contribution < -0.4 is 5.32 Å². The van der Waals surface area contributed by atoms with Crippen LogP contribution in [-0.2, 0) is 6.54 Å². The maximum atomic E-state index is 9.77. The van der Waals surface area contributed by atoms with Gasteiger partial charge in [-0.3, -0.25) is 4.90 Å². The van der Waals surface area contributed by atoms with E-state index in [4.69, 9.17) is 0 Å². The smallest absolute Gasteiger partial charge is 0.116 e. The third-order valence-corrected chi connectivity index (χ3v) is 4.46. The van der Waals surface area contributed by atoms with Crippen molar-refractivity contribution < 1.29 is 5.11 Å². The van der Waals surface area contributed by atoms with E-state index in [1.807, 2.05) is 12.1 Å². The van der Waals surface area contributed by atoms with Crippen LogP contribution in [0.25, 0.3) is 10.8 Å². The molecule has 1 atom stereocenters. The van der Waals surface area contributed by atoms with Crippen LogP contribution in [0.1, 0.15) is 31.7 Å². The van der Waals surface area contributed by atoms with Crippen molar-refractivity contribution in [3.8, 4) is 5.75 Å². The molecule has 3 rings (SSSR count). The third-order valence-electron chi connectivity index (χ3n) is 4.46. The summed E-state index contributed by atoms with van der Waals surface area (Å²) in [6.45, 7) is 5.30. The molecule has 3 nitrogen and oxygen atoms in total. The summed E-state index contributed by atoms with van der Waals surface area (Å²) in [5.74, 6) is 0.341. The van der Waals surface area contributed by atoms with Gasteiger partial charge in [0.15, 0.2) is 0 Å². The fraction of sp³-hybridized carbons (Fsp3) is 0.444. The van der Waals surface area contributed by atoms with Crippen LogP contribution in [0, 0.1) is 0 Å². The van der Waals surface area contributed by atoms with Crippen LogP contribution >= 0.6 is 0 Å². The number of nitrogens with zero attached hydrogens (tertiary/aromatic N) is 1. The molecule has 0 aromatic heterocycles. The van der Waals surface area contributed by atoms with Crippen molar-refractivity contribution in [2.75, 3.05) is 13.1 Å². The van der Waals surface area contributed by atoms with E-state index < -0.39 is 0 Å². The molecule has 0 aliphatic carbocycles. The summed E-state index contributed by atoms with van der Waals surface area (Å²) in [6.07, 6.45) is 4.31. The number of nitrogens with one attached hydrogen (secondary N) is 1. The lowest BCUT2D eigenvalue weighted by Gasteiger charge is -2.34. The molecule has 1 fully saturated rings. The Morgan fingerprint density at radius 2 is 2.14 bits per heavy atom. The summed E-state index contributed by atoms with van der Waals surface area (Å²) < 4.78 is 0. The normalized spacial score (nSPS) is 19.2. The molecule has 1 saturated heterocycles. The number of fused-ring (bicyclic) bond motifs is 1. The molecule has 112 valence electrons. The number of benzene rings is 2. The summed E-state index contributed by atoms with van der Waals surface area (Å²) in [5.41, 5.74) is 1.29. The van der Waals surface area contributed by atoms with Gasteiger partial charge in [0.2, 0.25) is 0 Å². The van der Waals surface area contributed by atoms with Crippen molar-refractivity contribution in [1.82, 2.24) is 10.2 Å². The summed E-state index contributed by atoms with van der Waals surface area (Å²) >= 11 is 0. The van der Waals surface area contributed by atoms with Gasteiger partial charge in [-0.2, -0.15) is 0 Å². The molecular weight excluding hydrogens is 260 g/mol. The van der Waals surface area contributed by atoms with E-state index in [1.54, 1.807) is 6.07 Å². The maximum Gasteiger partial charge on any atom is 0.116 e. The van der Waals surface area contributed by atoms with Gasteiger partial charge in [-0.05, 0) is 60.8 Å². The first kappa shape index (κ1) is 14.4. The second-order valence-corrected chi connectivity index (χ2v) is 5.85. The van der Waals surface area contributed by atoms with Crippen molar-refractivity contribution in [2.24, 2.45) is 0 Å². The zero-order valence-electron chi connectivity index (χ0n) is 12.7. The Kier molecular flexibility index (Phi) is 4.42. The lowest BCUT2D eigenvalue weighted by molar-refractivity contribution is 0.137. The van der Waals surface area contributed by atoms with E-state index in [-0.39, 0.29) is 0 Å². The minimum absolute atomic E-state index is 0.341. The van der Waals surface area contributed by atoms with Crippen LogP contribution in [0.15, 0.2) is 36.4 Å². The van der Waals surface area contributed by atoms with Crippen molar-refractivity contribution in [2.45, 2.75) is 38.9 Å². The molecule has 2 N–H and O–H groups in total. The molecule has 1 aliphatic rings. The van der Waals surface area contributed by atoms with Gasteiger partial charge in [0.1, 0.15) is 5.75 Å². The number of phenolic OH excluding ortho intramolecular Hbond substituents is 1. The quantitative estimate of drug-likeness (QED) is 0.902. The van der Waals surface area contributed by atoms with Crippen LogP contribution in [0.3, 0.4) is 0 Å². The highest BCUT2D eigenvalue weighted by molar-refractivity contribution is 5.86. The Morgan fingerprint density at radius 1 is 1.24 bits per heavy atom. The first-order chi connectivity index (χ1) is 10.3. The number of hydrogen-bond donors (Lipinski definition) is 2. The van der Waals surface area contributed by atoms with Gasteiger partial charge in [0.25, 0.3) is 0 Å². The Balaban J connectivity index is 1.87. The highest BCUT2D eigenvalue weighted by atomic mass is 16.3. The minimum atomic E-state index is 0.341. The third kappa shape index (κ3) is 3.20. The Bertz CT molecular complexity index is 605. The van der Waals surface area contributed by atoms with Crippen LogP contribution in [0.2, 0.25) is 0 Å². The summed E-state index contributed by atoms with van der Waals surface area (Å²) in [7, 11) is 0. The Morgan fingerprint density at radius 3 is 2.90 bits per heavy atom. The number of piperidine rings is 1. The van der Waals surface area contributed by atoms with Crippen molar-refractivity contribution >= 4 is 10.8 Å². The van der Waals surface area contributed by atoms with Crippen LogP contribution in [-0.4, -0.2) is 29.3 Å². The van der Waals surface area contributed by atoms with E-state index >= 15 is 0 Å². The molecular formula is C18H24N2O. The molecule has 3 heteroatoms. The highest BCUT2D eigenvalue weighted by Gasteiger charge is 2.19. The second kappa shape index (κ2) is 6.46. The van der Waals surface area contributed by atoms with E-state index in [9.17, 15) is 5.11 Å². The van der Waals surface area contributed by atoms with Crippen molar-refractivity contribution in [3.63, 3.8) is 0 Å². The van der Waals surface area contributed by atoms with Gasteiger partial charge in [-0.25, -0.2) is 0 Å². The molecule has 0 bridgehead atoms. The van der Waals surface area contributed by atoms with E-state index in [0.29, 0.717) is 11.9 Å². The molecule has 1 heterocycles. The molecule has 21 heavy (non-hydrogen) atoms. The predicted molar refractivity (Wildman–Crippen MR) is 87.3 cm³/mol. The summed E-state index contributed by atoms with van der Waals surface area (Å²) in [6, 6.07) is 12.0. The van der Waals surface area contributed by atoms with Gasteiger partial charge in [-0.1, -0.05) is 31.2 Å². The van der Waals surface area contributed by atoms with Crippen molar-refractivity contribution in [1.29, 1.82) is 0 Å². The summed E-state index contributed by atoms with van der Waals surface area (Å²) in [5, 5.41) is 15.7. The standard InChI is InChI=1S/C18H24N2O/c1-2-20(18-8-3-4-11-19-18)13-15-7-5-6-14-9-10-16(21)12-17(14)15/h5-7,9-10,12,18-19,21H,2-4,8,11,13H2,1H3. The molecule has 2 aromatic carbocycles. The fourth-order valence-corrected chi connectivity index (χ4v) is 3.27.